The highest BCUT2D eigenvalue weighted by atomic mass is 19.1. The van der Waals surface area contributed by atoms with Crippen molar-refractivity contribution >= 4 is 5.69 Å². The third-order valence-corrected chi connectivity index (χ3v) is 2.62. The summed E-state index contributed by atoms with van der Waals surface area (Å²) in [6, 6.07) is 6.02. The Balaban J connectivity index is 2.35. The Kier molecular flexibility index (Phi) is 3.64. The average molecular weight is 261 g/mol. The van der Waals surface area contributed by atoms with Gasteiger partial charge in [-0.05, 0) is 31.0 Å². The molecule has 0 bridgehead atoms. The second kappa shape index (κ2) is 5.22. The van der Waals surface area contributed by atoms with E-state index < -0.39 is 5.82 Å². The molecule has 0 radical (unpaired) electrons. The molecule has 0 fully saturated rings. The van der Waals surface area contributed by atoms with Crippen LogP contribution in [0, 0.1) is 12.7 Å². The first-order chi connectivity index (χ1) is 8.95. The van der Waals surface area contributed by atoms with Gasteiger partial charge in [0.05, 0.1) is 11.4 Å². The molecular weight excluding hydrogens is 245 g/mol. The lowest BCUT2D eigenvalue weighted by atomic mass is 10.1. The highest BCUT2D eigenvalue weighted by Gasteiger charge is 2.10. The topological polar surface area (TPSA) is 61.0 Å². The quantitative estimate of drug-likeness (QED) is 0.860. The fraction of sp³-hybridized carbons (Fsp3) is 0.286. The Hall–Kier alpha value is -2.17. The van der Waals surface area contributed by atoms with Crippen molar-refractivity contribution in [2.75, 3.05) is 5.73 Å². The van der Waals surface area contributed by atoms with Crippen molar-refractivity contribution in [1.82, 2.24) is 9.97 Å². The Labute approximate surface area is 111 Å². The highest BCUT2D eigenvalue weighted by molar-refractivity contribution is 5.53. The molecule has 1 heterocycles. The number of rotatable bonds is 3. The number of aromatic nitrogens is 2. The summed E-state index contributed by atoms with van der Waals surface area (Å²) in [5.41, 5.74) is 7.74. The van der Waals surface area contributed by atoms with Gasteiger partial charge < -0.3 is 10.5 Å². The molecule has 2 N–H and O–H groups in total. The van der Waals surface area contributed by atoms with Crippen LogP contribution in [0.25, 0.3) is 0 Å². The molecular formula is C14H16FN3O. The smallest absolute Gasteiger partial charge is 0.322 e. The average Bonchev–Trinajstić information content (AvgIpc) is 2.33. The molecule has 0 spiro atoms. The fourth-order valence-electron chi connectivity index (χ4n) is 1.60. The lowest BCUT2D eigenvalue weighted by molar-refractivity contribution is 0.435. The van der Waals surface area contributed by atoms with E-state index in [0.717, 1.165) is 11.4 Å². The first kappa shape index (κ1) is 13.3. The minimum Gasteiger partial charge on any atom is -0.422 e. The van der Waals surface area contributed by atoms with Gasteiger partial charge in [-0.25, -0.2) is 9.37 Å². The third-order valence-electron chi connectivity index (χ3n) is 2.62. The summed E-state index contributed by atoms with van der Waals surface area (Å²) < 4.78 is 18.6. The molecule has 0 aliphatic heterocycles. The van der Waals surface area contributed by atoms with Gasteiger partial charge in [0.15, 0.2) is 5.75 Å². The molecule has 100 valence electrons. The second-order valence-electron chi connectivity index (χ2n) is 4.66. The summed E-state index contributed by atoms with van der Waals surface area (Å²) in [5, 5.41) is 0. The zero-order valence-corrected chi connectivity index (χ0v) is 11.1. The fourth-order valence-corrected chi connectivity index (χ4v) is 1.60. The van der Waals surface area contributed by atoms with Gasteiger partial charge in [-0.3, -0.25) is 0 Å². The molecule has 0 saturated heterocycles. The molecule has 0 amide bonds. The van der Waals surface area contributed by atoms with Crippen molar-refractivity contribution in [1.29, 1.82) is 0 Å². The number of hydrogen-bond donors (Lipinski definition) is 1. The van der Waals surface area contributed by atoms with Crippen molar-refractivity contribution in [2.24, 2.45) is 0 Å². The van der Waals surface area contributed by atoms with Crippen molar-refractivity contribution < 1.29 is 9.13 Å². The summed E-state index contributed by atoms with van der Waals surface area (Å²) in [4.78, 5) is 8.46. The Morgan fingerprint density at radius 2 is 1.95 bits per heavy atom. The number of nitrogen functional groups attached to an aromatic ring is 1. The van der Waals surface area contributed by atoms with Crippen LogP contribution in [0.1, 0.15) is 31.2 Å². The predicted molar refractivity (Wildman–Crippen MR) is 71.7 cm³/mol. The van der Waals surface area contributed by atoms with E-state index in [4.69, 9.17) is 10.5 Å². The summed E-state index contributed by atoms with van der Waals surface area (Å²) in [6.07, 6.45) is 0. The summed E-state index contributed by atoms with van der Waals surface area (Å²) >= 11 is 0. The maximum Gasteiger partial charge on any atom is 0.322 e. The molecule has 0 unspecified atom stereocenters. The Morgan fingerprint density at radius 3 is 2.63 bits per heavy atom. The molecule has 2 aromatic rings. The van der Waals surface area contributed by atoms with Gasteiger partial charge in [-0.2, -0.15) is 4.98 Å². The van der Waals surface area contributed by atoms with Gasteiger partial charge in [-0.1, -0.05) is 13.8 Å². The van der Waals surface area contributed by atoms with E-state index in [1.165, 1.54) is 18.2 Å². The predicted octanol–water partition coefficient (Wildman–Crippen LogP) is 3.42. The lowest BCUT2D eigenvalue weighted by Gasteiger charge is -2.10. The van der Waals surface area contributed by atoms with Crippen LogP contribution in [0.5, 0.6) is 11.8 Å². The van der Waals surface area contributed by atoms with E-state index in [2.05, 4.69) is 9.97 Å². The van der Waals surface area contributed by atoms with Gasteiger partial charge in [0.25, 0.3) is 0 Å². The number of nitrogens with two attached hydrogens (primary N) is 1. The first-order valence-electron chi connectivity index (χ1n) is 6.04. The maximum atomic E-state index is 13.2. The van der Waals surface area contributed by atoms with Crippen LogP contribution in [-0.4, -0.2) is 9.97 Å². The molecule has 1 aromatic heterocycles. The van der Waals surface area contributed by atoms with Gasteiger partial charge in [0, 0.05) is 11.8 Å². The monoisotopic (exact) mass is 261 g/mol. The zero-order valence-electron chi connectivity index (χ0n) is 11.1. The number of anilines is 1. The molecule has 1 aromatic carbocycles. The first-order valence-corrected chi connectivity index (χ1v) is 6.04. The molecule has 2 rings (SSSR count). The normalized spacial score (nSPS) is 10.8. The van der Waals surface area contributed by atoms with E-state index in [-0.39, 0.29) is 17.7 Å². The molecule has 0 aliphatic rings. The number of aryl methyl sites for hydroxylation is 1. The number of benzene rings is 1. The molecule has 0 atom stereocenters. The SMILES string of the molecule is Cc1cc(C(C)C)nc(Oc2cc(F)ccc2N)n1. The van der Waals surface area contributed by atoms with Crippen molar-refractivity contribution in [2.45, 2.75) is 26.7 Å². The third kappa shape index (κ3) is 3.19. The second-order valence-corrected chi connectivity index (χ2v) is 4.66. The molecule has 0 aliphatic carbocycles. The number of nitrogens with zero attached hydrogens (tertiary/aromatic N) is 2. The van der Waals surface area contributed by atoms with E-state index in [0.29, 0.717) is 5.69 Å². The highest BCUT2D eigenvalue weighted by Crippen LogP contribution is 2.27. The standard InChI is InChI=1S/C14H16FN3O/c1-8(2)12-6-9(3)17-14(18-12)19-13-7-10(15)4-5-11(13)16/h4-8H,16H2,1-3H3. The minimum absolute atomic E-state index is 0.181. The van der Waals surface area contributed by atoms with Crippen LogP contribution < -0.4 is 10.5 Å². The van der Waals surface area contributed by atoms with E-state index in [1.54, 1.807) is 0 Å². The van der Waals surface area contributed by atoms with Crippen LogP contribution in [0.15, 0.2) is 24.3 Å². The minimum atomic E-state index is -0.416. The Morgan fingerprint density at radius 1 is 1.21 bits per heavy atom. The van der Waals surface area contributed by atoms with E-state index >= 15 is 0 Å². The number of ether oxygens (including phenoxy) is 1. The molecule has 0 saturated carbocycles. The van der Waals surface area contributed by atoms with Crippen molar-refractivity contribution in [3.05, 3.63) is 41.5 Å². The Bertz CT molecular complexity index is 599. The number of halogens is 1. The molecule has 4 nitrogen and oxygen atoms in total. The van der Waals surface area contributed by atoms with Crippen LogP contribution in [0.4, 0.5) is 10.1 Å². The molecule has 5 heteroatoms. The number of hydrogen-bond acceptors (Lipinski definition) is 4. The van der Waals surface area contributed by atoms with Gasteiger partial charge >= 0.3 is 6.01 Å². The van der Waals surface area contributed by atoms with Gasteiger partial charge in [0.2, 0.25) is 0 Å². The van der Waals surface area contributed by atoms with Crippen molar-refractivity contribution in [3.8, 4) is 11.8 Å². The zero-order chi connectivity index (χ0) is 14.0. The van der Waals surface area contributed by atoms with Crippen LogP contribution in [0.2, 0.25) is 0 Å². The van der Waals surface area contributed by atoms with Gasteiger partial charge in [-0.15, -0.1) is 0 Å². The molecule has 19 heavy (non-hydrogen) atoms. The van der Waals surface area contributed by atoms with Gasteiger partial charge in [0.1, 0.15) is 5.82 Å². The summed E-state index contributed by atoms with van der Waals surface area (Å²) in [5.74, 6) is 0.0650. The largest absolute Gasteiger partial charge is 0.422 e. The summed E-state index contributed by atoms with van der Waals surface area (Å²) in [6.45, 7) is 5.92. The van der Waals surface area contributed by atoms with E-state index in [9.17, 15) is 4.39 Å². The van der Waals surface area contributed by atoms with E-state index in [1.807, 2.05) is 26.8 Å². The van der Waals surface area contributed by atoms with Crippen LogP contribution in [0.3, 0.4) is 0 Å². The van der Waals surface area contributed by atoms with Crippen LogP contribution >= 0.6 is 0 Å². The van der Waals surface area contributed by atoms with Crippen molar-refractivity contribution in [3.63, 3.8) is 0 Å². The lowest BCUT2D eigenvalue weighted by Crippen LogP contribution is -2.01. The van der Waals surface area contributed by atoms with Crippen LogP contribution in [-0.2, 0) is 0 Å². The summed E-state index contributed by atoms with van der Waals surface area (Å²) in [7, 11) is 0. The maximum absolute atomic E-state index is 13.2.